The molecule has 0 bridgehead atoms. The van der Waals surface area contributed by atoms with Gasteiger partial charge in [-0.3, -0.25) is 0 Å². The van der Waals surface area contributed by atoms with E-state index in [2.05, 4.69) is 21.0 Å². The second-order valence-electron chi connectivity index (χ2n) is 9.76. The summed E-state index contributed by atoms with van der Waals surface area (Å²) in [5.41, 5.74) is 0. The molecule has 0 saturated heterocycles. The van der Waals surface area contributed by atoms with Crippen LogP contribution in [0.4, 0.5) is 0 Å². The van der Waals surface area contributed by atoms with E-state index >= 15 is 0 Å². The van der Waals surface area contributed by atoms with Crippen LogP contribution in [0.2, 0.25) is 0 Å². The van der Waals surface area contributed by atoms with Crippen LogP contribution in [0.1, 0.15) is 96.8 Å². The van der Waals surface area contributed by atoms with E-state index < -0.39 is 0 Å². The second-order valence-corrected chi connectivity index (χ2v) is 9.76. The Balaban J connectivity index is 2.15. The minimum Gasteiger partial charge on any atom is -0.487 e. The zero-order chi connectivity index (χ0) is 23.5. The van der Waals surface area contributed by atoms with Gasteiger partial charge in [0.05, 0.1) is 27.7 Å². The van der Waals surface area contributed by atoms with E-state index in [1.54, 1.807) is 0 Å². The lowest BCUT2D eigenvalue weighted by Crippen LogP contribution is -2.56. The van der Waals surface area contributed by atoms with Crippen molar-refractivity contribution < 1.29 is 18.8 Å². The van der Waals surface area contributed by atoms with Crippen LogP contribution in [0.15, 0.2) is 30.3 Å². The van der Waals surface area contributed by atoms with Gasteiger partial charge in [0.25, 0.3) is 0 Å². The molecule has 0 amide bonds. The van der Waals surface area contributed by atoms with Crippen molar-refractivity contribution in [1.82, 2.24) is 0 Å². The molecule has 1 atom stereocenters. The van der Waals surface area contributed by atoms with Crippen molar-refractivity contribution >= 4 is 5.97 Å². The first-order chi connectivity index (χ1) is 15.5. The van der Waals surface area contributed by atoms with Crippen LogP contribution in [0, 0.1) is 0 Å². The zero-order valence-electron chi connectivity index (χ0n) is 21.4. The van der Waals surface area contributed by atoms with Crippen molar-refractivity contribution in [2.75, 3.05) is 34.4 Å². The fourth-order valence-electron chi connectivity index (χ4n) is 4.25. The molecule has 0 aliphatic carbocycles. The molecule has 32 heavy (non-hydrogen) atoms. The van der Waals surface area contributed by atoms with Gasteiger partial charge in [0.15, 0.2) is 6.61 Å². The number of carbonyl (C=O) groups is 1. The second kappa shape index (κ2) is 17.9. The molecule has 0 heterocycles. The molecule has 0 spiro atoms. The van der Waals surface area contributed by atoms with E-state index in [9.17, 15) is 4.79 Å². The van der Waals surface area contributed by atoms with Crippen LogP contribution < -0.4 is 4.74 Å². The average Bonchev–Trinajstić information content (AvgIpc) is 2.79. The van der Waals surface area contributed by atoms with Crippen LogP contribution in [-0.2, 0) is 9.53 Å². The molecule has 1 aromatic rings. The summed E-state index contributed by atoms with van der Waals surface area (Å²) in [6.07, 6.45) is 19.0. The Morgan fingerprint density at radius 3 is 1.72 bits per heavy atom. The first-order valence-electron chi connectivity index (χ1n) is 13.1. The van der Waals surface area contributed by atoms with Crippen LogP contribution in [0.25, 0.3) is 0 Å². The van der Waals surface area contributed by atoms with E-state index in [1.165, 1.54) is 90.6 Å². The SMILES string of the molecule is CCCCCCCCCCCCCCCC[N+](C)(C)[C@@H](COc1ccccc1)C(=O)OC. The quantitative estimate of drug-likeness (QED) is 0.121. The molecule has 1 rings (SSSR count). The lowest BCUT2D eigenvalue weighted by Gasteiger charge is -2.36. The first-order valence-corrected chi connectivity index (χ1v) is 13.1. The number of quaternary nitrogens is 1. The monoisotopic (exact) mass is 448 g/mol. The Morgan fingerprint density at radius 1 is 0.781 bits per heavy atom. The summed E-state index contributed by atoms with van der Waals surface area (Å²) in [7, 11) is 5.68. The van der Waals surface area contributed by atoms with E-state index in [-0.39, 0.29) is 12.0 Å². The lowest BCUT2D eigenvalue weighted by molar-refractivity contribution is -0.907. The molecule has 0 saturated carbocycles. The Morgan fingerprint density at radius 2 is 1.25 bits per heavy atom. The Labute approximate surface area is 198 Å². The summed E-state index contributed by atoms with van der Waals surface area (Å²) in [4.78, 5) is 12.4. The fraction of sp³-hybridized carbons (Fsp3) is 0.750. The molecule has 1 aromatic carbocycles. The fourth-order valence-corrected chi connectivity index (χ4v) is 4.25. The highest BCUT2D eigenvalue weighted by molar-refractivity contribution is 5.74. The highest BCUT2D eigenvalue weighted by Crippen LogP contribution is 2.17. The number of ether oxygens (including phenoxy) is 2. The Kier molecular flexibility index (Phi) is 16.0. The third-order valence-corrected chi connectivity index (χ3v) is 6.56. The van der Waals surface area contributed by atoms with E-state index in [0.717, 1.165) is 18.7 Å². The topological polar surface area (TPSA) is 35.5 Å². The van der Waals surface area contributed by atoms with Gasteiger partial charge in [-0.25, -0.2) is 4.79 Å². The maximum absolute atomic E-state index is 12.4. The van der Waals surface area contributed by atoms with Gasteiger partial charge in [0, 0.05) is 0 Å². The van der Waals surface area contributed by atoms with Gasteiger partial charge in [-0.05, 0) is 25.0 Å². The molecule has 0 fully saturated rings. The predicted octanol–water partition coefficient (Wildman–Crippen LogP) is 7.16. The van der Waals surface area contributed by atoms with E-state index in [4.69, 9.17) is 9.47 Å². The van der Waals surface area contributed by atoms with Crippen molar-refractivity contribution in [2.24, 2.45) is 0 Å². The van der Waals surface area contributed by atoms with Crippen LogP contribution in [-0.4, -0.2) is 50.9 Å². The number of esters is 1. The number of unbranched alkanes of at least 4 members (excludes halogenated alkanes) is 13. The first kappa shape index (κ1) is 28.5. The van der Waals surface area contributed by atoms with Gasteiger partial charge in [0.1, 0.15) is 5.75 Å². The van der Waals surface area contributed by atoms with Gasteiger partial charge >= 0.3 is 5.97 Å². The normalized spacial score (nSPS) is 12.5. The number of carbonyl (C=O) groups excluding carboxylic acids is 1. The molecule has 4 nitrogen and oxygen atoms in total. The predicted molar refractivity (Wildman–Crippen MR) is 135 cm³/mol. The third-order valence-electron chi connectivity index (χ3n) is 6.56. The highest BCUT2D eigenvalue weighted by atomic mass is 16.5. The number of rotatable bonds is 20. The maximum Gasteiger partial charge on any atom is 0.368 e. The largest absolute Gasteiger partial charge is 0.487 e. The summed E-state index contributed by atoms with van der Waals surface area (Å²) in [6.45, 7) is 3.57. The summed E-state index contributed by atoms with van der Waals surface area (Å²) in [6, 6.07) is 9.36. The number of para-hydroxylation sites is 1. The Hall–Kier alpha value is -1.55. The molecule has 4 heteroatoms. The van der Waals surface area contributed by atoms with Gasteiger partial charge in [0.2, 0.25) is 6.04 Å². The molecule has 184 valence electrons. The molecular weight excluding hydrogens is 398 g/mol. The molecule has 0 aliphatic rings. The van der Waals surface area contributed by atoms with Crippen LogP contribution >= 0.6 is 0 Å². The standard InChI is InChI=1S/C28H50NO3/c1-5-6-7-8-9-10-11-12-13-14-15-16-17-21-24-29(2,3)27(28(30)31-4)25-32-26-22-19-18-20-23-26/h18-20,22-23,27H,5-17,21,24-25H2,1-4H3/q+1/t27-/m0/s1. The summed E-state index contributed by atoms with van der Waals surface area (Å²) < 4.78 is 11.6. The van der Waals surface area contributed by atoms with Crippen LogP contribution in [0.3, 0.4) is 0 Å². The van der Waals surface area contributed by atoms with Gasteiger partial charge < -0.3 is 14.0 Å². The minimum absolute atomic E-state index is 0.198. The minimum atomic E-state index is -0.317. The highest BCUT2D eigenvalue weighted by Gasteiger charge is 2.36. The third kappa shape index (κ3) is 13.1. The summed E-state index contributed by atoms with van der Waals surface area (Å²) in [5, 5.41) is 0. The number of methoxy groups -OCH3 is 1. The molecule has 0 aromatic heterocycles. The molecule has 0 unspecified atom stereocenters. The van der Waals surface area contributed by atoms with Crippen molar-refractivity contribution in [3.05, 3.63) is 30.3 Å². The van der Waals surface area contributed by atoms with Gasteiger partial charge in [-0.2, -0.15) is 0 Å². The van der Waals surface area contributed by atoms with Crippen molar-refractivity contribution in [3.63, 3.8) is 0 Å². The average molecular weight is 449 g/mol. The molecular formula is C28H50NO3+. The number of hydrogen-bond donors (Lipinski definition) is 0. The number of benzene rings is 1. The molecule has 0 aliphatic heterocycles. The number of nitrogens with zero attached hydrogens (tertiary/aromatic N) is 1. The summed E-state index contributed by atoms with van der Waals surface area (Å²) in [5.74, 6) is 0.592. The van der Waals surface area contributed by atoms with Crippen molar-refractivity contribution in [1.29, 1.82) is 0 Å². The number of hydrogen-bond acceptors (Lipinski definition) is 3. The van der Waals surface area contributed by atoms with Gasteiger partial charge in [-0.15, -0.1) is 0 Å². The van der Waals surface area contributed by atoms with Crippen molar-refractivity contribution in [3.8, 4) is 5.75 Å². The molecule has 0 radical (unpaired) electrons. The van der Waals surface area contributed by atoms with Gasteiger partial charge in [-0.1, -0.05) is 102 Å². The summed E-state index contributed by atoms with van der Waals surface area (Å²) >= 11 is 0. The molecule has 0 N–H and O–H groups in total. The van der Waals surface area contributed by atoms with Crippen molar-refractivity contribution in [2.45, 2.75) is 103 Å². The maximum atomic E-state index is 12.4. The number of likely N-dealkylation sites (N-methyl/N-ethyl adjacent to an activating group) is 1. The van der Waals surface area contributed by atoms with Crippen LogP contribution in [0.5, 0.6) is 5.75 Å². The Bertz CT molecular complexity index is 573. The smallest absolute Gasteiger partial charge is 0.368 e. The van der Waals surface area contributed by atoms with E-state index in [1.807, 2.05) is 30.3 Å². The van der Waals surface area contributed by atoms with E-state index in [0.29, 0.717) is 11.1 Å². The zero-order valence-corrected chi connectivity index (χ0v) is 21.4. The lowest BCUT2D eigenvalue weighted by atomic mass is 10.0.